The first kappa shape index (κ1) is 32.4. The Kier molecular flexibility index (Phi) is 9.44. The summed E-state index contributed by atoms with van der Waals surface area (Å²) < 4.78 is 21.0. The zero-order valence-electron chi connectivity index (χ0n) is 24.4. The number of ether oxygens (including phenoxy) is 1. The summed E-state index contributed by atoms with van der Waals surface area (Å²) >= 11 is 6.35. The Morgan fingerprint density at radius 2 is 1.93 bits per heavy atom. The van der Waals surface area contributed by atoms with Crippen LogP contribution in [-0.2, 0) is 9.09 Å². The van der Waals surface area contributed by atoms with E-state index in [0.717, 1.165) is 17.4 Å². The highest BCUT2D eigenvalue weighted by Crippen LogP contribution is 2.46. The van der Waals surface area contributed by atoms with Gasteiger partial charge in [-0.1, -0.05) is 6.07 Å². The highest BCUT2D eigenvalue weighted by molar-refractivity contribution is 7.46. The third-order valence-corrected chi connectivity index (χ3v) is 8.30. The molecule has 0 radical (unpaired) electrons. The number of aromatic nitrogens is 1. The van der Waals surface area contributed by atoms with Gasteiger partial charge >= 0.3 is 7.82 Å². The van der Waals surface area contributed by atoms with Gasteiger partial charge in [0, 0.05) is 54.0 Å². The SMILES string of the molecule is CN(C)CCOc1ccc2[nH]c(C(=O)N3CC(CCl)c4c3cc([N+](=O)[O-])c3cc(C(=O)NCCOP(=O)(O)O)ccc43)cc2c1. The zero-order valence-corrected chi connectivity index (χ0v) is 26.0. The van der Waals surface area contributed by atoms with E-state index in [9.17, 15) is 24.3 Å². The lowest BCUT2D eigenvalue weighted by atomic mass is 9.93. The molecule has 1 atom stereocenters. The number of nitrogens with one attached hydrogen (secondary N) is 2. The molecule has 5 rings (SSSR count). The summed E-state index contributed by atoms with van der Waals surface area (Å²) in [5.41, 5.74) is 1.85. The van der Waals surface area contributed by atoms with E-state index < -0.39 is 25.3 Å². The van der Waals surface area contributed by atoms with Crippen LogP contribution >= 0.6 is 19.4 Å². The molecule has 0 saturated carbocycles. The topological polar surface area (TPSA) is 188 Å². The lowest BCUT2D eigenvalue weighted by molar-refractivity contribution is -0.383. The number of amides is 2. The lowest BCUT2D eigenvalue weighted by Gasteiger charge is -2.17. The lowest BCUT2D eigenvalue weighted by Crippen LogP contribution is -2.30. The molecule has 0 spiro atoms. The molecule has 45 heavy (non-hydrogen) atoms. The fourth-order valence-electron chi connectivity index (χ4n) is 5.33. The van der Waals surface area contributed by atoms with E-state index in [1.54, 1.807) is 12.1 Å². The first-order valence-electron chi connectivity index (χ1n) is 13.9. The number of anilines is 1. The van der Waals surface area contributed by atoms with E-state index >= 15 is 0 Å². The molecule has 1 aliphatic heterocycles. The van der Waals surface area contributed by atoms with Crippen molar-refractivity contribution in [1.82, 2.24) is 15.2 Å². The maximum Gasteiger partial charge on any atom is 0.469 e. The smallest absolute Gasteiger partial charge is 0.469 e. The highest BCUT2D eigenvalue weighted by Gasteiger charge is 2.37. The predicted octanol–water partition coefficient (Wildman–Crippen LogP) is 3.99. The predicted molar refractivity (Wildman–Crippen MR) is 168 cm³/mol. The van der Waals surface area contributed by atoms with Crippen LogP contribution in [0.25, 0.3) is 21.7 Å². The molecular formula is C29H31ClN5O9P. The molecule has 238 valence electrons. The minimum Gasteiger partial charge on any atom is -0.492 e. The number of hydrogen-bond acceptors (Lipinski definition) is 8. The van der Waals surface area contributed by atoms with Gasteiger partial charge in [0.1, 0.15) is 18.1 Å². The fraction of sp³-hybridized carbons (Fsp3) is 0.310. The van der Waals surface area contributed by atoms with Crippen LogP contribution in [0.2, 0.25) is 0 Å². The number of nitro benzene ring substituents is 1. The van der Waals surface area contributed by atoms with Crippen LogP contribution in [0.1, 0.15) is 32.3 Å². The van der Waals surface area contributed by atoms with E-state index in [0.29, 0.717) is 34.7 Å². The average molecular weight is 660 g/mol. The Labute approximate surface area is 262 Å². The Hall–Kier alpha value is -4.04. The standard InChI is InChI=1S/C29H31ClN5O9P/c1-33(2)8-10-43-20-4-6-23-18(11-20)13-24(32-23)29(37)34-16-19(15-30)27-21-5-3-17(28(36)31-7-9-44-45(40,41)42)12-22(21)25(35(38)39)14-26(27)34/h3-6,11-14,19,32H,7-10,15-16H2,1-2H3,(H,31,36)(H2,40,41,42). The summed E-state index contributed by atoms with van der Waals surface area (Å²) in [6, 6.07) is 13.0. The molecule has 14 nitrogen and oxygen atoms in total. The number of alkyl halides is 1. The van der Waals surface area contributed by atoms with E-state index in [4.69, 9.17) is 26.1 Å². The average Bonchev–Trinajstić information content (AvgIpc) is 3.59. The number of non-ortho nitro benzene ring substituents is 1. The molecule has 0 saturated heterocycles. The summed E-state index contributed by atoms with van der Waals surface area (Å²) in [4.78, 5) is 62.4. The van der Waals surface area contributed by atoms with Crippen LogP contribution in [0.4, 0.5) is 11.4 Å². The quantitative estimate of drug-likeness (QED) is 0.0569. The number of nitrogens with zero attached hydrogens (tertiary/aromatic N) is 3. The van der Waals surface area contributed by atoms with Crippen LogP contribution in [-0.4, -0.2) is 89.2 Å². The molecule has 4 aromatic rings. The zero-order chi connectivity index (χ0) is 32.5. The number of aromatic amines is 1. The number of halogens is 1. The van der Waals surface area contributed by atoms with Crippen LogP contribution < -0.4 is 15.0 Å². The third-order valence-electron chi connectivity index (χ3n) is 7.40. The molecule has 2 amide bonds. The number of hydrogen-bond donors (Lipinski definition) is 4. The Morgan fingerprint density at radius 1 is 1.16 bits per heavy atom. The number of carbonyl (C=O) groups excluding carboxylic acids is 2. The molecule has 1 unspecified atom stereocenters. The van der Waals surface area contributed by atoms with Crippen molar-refractivity contribution in [3.05, 3.63) is 75.5 Å². The number of carbonyl (C=O) groups is 2. The first-order valence-corrected chi connectivity index (χ1v) is 15.9. The van der Waals surface area contributed by atoms with Crippen molar-refractivity contribution in [3.63, 3.8) is 0 Å². The molecule has 4 N–H and O–H groups in total. The van der Waals surface area contributed by atoms with Gasteiger partial charge < -0.3 is 34.6 Å². The van der Waals surface area contributed by atoms with Crippen LogP contribution in [0.15, 0.2) is 48.5 Å². The van der Waals surface area contributed by atoms with Crippen molar-refractivity contribution < 1.29 is 38.1 Å². The van der Waals surface area contributed by atoms with Gasteiger partial charge in [-0.15, -0.1) is 11.6 Å². The number of rotatable bonds is 12. The van der Waals surface area contributed by atoms with Gasteiger partial charge in [-0.3, -0.25) is 24.2 Å². The Bertz CT molecular complexity index is 1840. The molecule has 2 heterocycles. The van der Waals surface area contributed by atoms with E-state index in [1.165, 1.54) is 23.1 Å². The summed E-state index contributed by atoms with van der Waals surface area (Å²) in [5.74, 6) is -0.513. The molecule has 16 heteroatoms. The summed E-state index contributed by atoms with van der Waals surface area (Å²) in [5, 5.41) is 16.1. The fourth-order valence-corrected chi connectivity index (χ4v) is 5.91. The van der Waals surface area contributed by atoms with Crippen molar-refractivity contribution in [1.29, 1.82) is 0 Å². The number of phosphoric ester groups is 1. The minimum absolute atomic E-state index is 0.0956. The van der Waals surface area contributed by atoms with E-state index in [2.05, 4.69) is 14.8 Å². The summed E-state index contributed by atoms with van der Waals surface area (Å²) in [6.45, 7) is 0.826. The first-order chi connectivity index (χ1) is 21.4. The second-order valence-electron chi connectivity index (χ2n) is 10.8. The normalized spacial score (nSPS) is 14.7. The molecule has 0 fully saturated rings. The largest absolute Gasteiger partial charge is 0.492 e. The van der Waals surface area contributed by atoms with Crippen molar-refractivity contribution in [2.45, 2.75) is 5.92 Å². The van der Waals surface area contributed by atoms with Gasteiger partial charge in [0.2, 0.25) is 0 Å². The van der Waals surface area contributed by atoms with Gasteiger partial charge in [-0.25, -0.2) is 4.57 Å². The second kappa shape index (κ2) is 13.1. The summed E-state index contributed by atoms with van der Waals surface area (Å²) in [7, 11) is -0.779. The van der Waals surface area contributed by atoms with Gasteiger partial charge in [-0.05, 0) is 61.4 Å². The number of fused-ring (bicyclic) bond motifs is 4. The minimum atomic E-state index is -4.69. The van der Waals surface area contributed by atoms with Crippen molar-refractivity contribution >= 4 is 64.3 Å². The molecule has 1 aliphatic rings. The third kappa shape index (κ3) is 7.12. The van der Waals surface area contributed by atoms with E-state index in [1.807, 2.05) is 37.2 Å². The number of phosphoric acid groups is 1. The molecule has 0 bridgehead atoms. The van der Waals surface area contributed by atoms with Crippen LogP contribution in [0.3, 0.4) is 0 Å². The van der Waals surface area contributed by atoms with Gasteiger partial charge in [-0.2, -0.15) is 0 Å². The number of nitro groups is 1. The molecular weight excluding hydrogens is 629 g/mol. The molecule has 3 aromatic carbocycles. The van der Waals surface area contributed by atoms with Crippen molar-refractivity contribution in [2.24, 2.45) is 0 Å². The second-order valence-corrected chi connectivity index (χ2v) is 12.3. The maximum atomic E-state index is 13.9. The van der Waals surface area contributed by atoms with Crippen molar-refractivity contribution in [2.75, 3.05) is 57.7 Å². The van der Waals surface area contributed by atoms with Gasteiger partial charge in [0.15, 0.2) is 0 Å². The monoisotopic (exact) mass is 659 g/mol. The number of likely N-dealkylation sites (N-methyl/N-ethyl adjacent to an activating group) is 1. The number of benzene rings is 3. The van der Waals surface area contributed by atoms with E-state index in [-0.39, 0.29) is 47.4 Å². The molecule has 0 aliphatic carbocycles. The summed E-state index contributed by atoms with van der Waals surface area (Å²) in [6.07, 6.45) is 0. The van der Waals surface area contributed by atoms with Crippen LogP contribution in [0, 0.1) is 10.1 Å². The van der Waals surface area contributed by atoms with Gasteiger partial charge in [0.25, 0.3) is 17.5 Å². The number of H-pyrrole nitrogens is 1. The maximum absolute atomic E-state index is 13.9. The highest BCUT2D eigenvalue weighted by atomic mass is 35.5. The molecule has 1 aromatic heterocycles. The van der Waals surface area contributed by atoms with Crippen molar-refractivity contribution in [3.8, 4) is 5.75 Å². The Balaban J connectivity index is 1.45. The Morgan fingerprint density at radius 3 is 2.62 bits per heavy atom. The van der Waals surface area contributed by atoms with Gasteiger partial charge in [0.05, 0.1) is 22.6 Å². The van der Waals surface area contributed by atoms with Crippen LogP contribution in [0.5, 0.6) is 5.75 Å².